The Morgan fingerprint density at radius 3 is 2.83 bits per heavy atom. The van der Waals surface area contributed by atoms with E-state index < -0.39 is 11.8 Å². The molecule has 3 heteroatoms. The van der Waals surface area contributed by atoms with Crippen LogP contribution in [0.5, 0.6) is 0 Å². The van der Waals surface area contributed by atoms with E-state index in [9.17, 15) is 9.90 Å². The van der Waals surface area contributed by atoms with Gasteiger partial charge in [-0.1, -0.05) is 19.8 Å². The molecule has 1 aliphatic rings. The number of unbranched alkanes of at least 4 members (excludes halogenated alkanes) is 2. The van der Waals surface area contributed by atoms with E-state index in [1.54, 1.807) is 0 Å². The van der Waals surface area contributed by atoms with Gasteiger partial charge in [0.25, 0.3) is 0 Å². The zero-order valence-electron chi connectivity index (χ0n) is 7.25. The van der Waals surface area contributed by atoms with Gasteiger partial charge in [0.15, 0.2) is 0 Å². The Labute approximate surface area is 72.0 Å². The van der Waals surface area contributed by atoms with E-state index in [1.165, 1.54) is 12.2 Å². The van der Waals surface area contributed by atoms with Crippen LogP contribution in [0.25, 0.3) is 0 Å². The predicted molar refractivity (Wildman–Crippen MR) is 44.3 cm³/mol. The Balaban J connectivity index is 2.31. The number of carbonyl (C=O) groups excluding carboxylic acids is 1. The summed E-state index contributed by atoms with van der Waals surface area (Å²) in [6.07, 6.45) is 6.21. The summed E-state index contributed by atoms with van der Waals surface area (Å²) in [5.41, 5.74) is 0. The number of esters is 1. The van der Waals surface area contributed by atoms with Crippen molar-refractivity contribution in [2.45, 2.75) is 38.4 Å². The van der Waals surface area contributed by atoms with Crippen molar-refractivity contribution >= 4 is 5.97 Å². The van der Waals surface area contributed by atoms with Crippen LogP contribution in [0.3, 0.4) is 0 Å². The summed E-state index contributed by atoms with van der Waals surface area (Å²) in [5, 5.41) is 9.56. The Hall–Kier alpha value is -0.830. The number of aliphatic hydroxyl groups is 1. The van der Waals surface area contributed by atoms with Crippen LogP contribution in [0, 0.1) is 0 Å². The van der Waals surface area contributed by atoms with E-state index in [-0.39, 0.29) is 0 Å². The summed E-state index contributed by atoms with van der Waals surface area (Å²) in [5.74, 6) is -1.76. The number of hydrogen-bond acceptors (Lipinski definition) is 3. The zero-order chi connectivity index (χ0) is 9.03. The third kappa shape index (κ3) is 2.34. The van der Waals surface area contributed by atoms with Gasteiger partial charge >= 0.3 is 5.97 Å². The molecule has 0 bridgehead atoms. The molecule has 0 amide bonds. The van der Waals surface area contributed by atoms with Crippen LogP contribution in [-0.4, -0.2) is 16.9 Å². The zero-order valence-corrected chi connectivity index (χ0v) is 7.25. The topological polar surface area (TPSA) is 46.5 Å². The van der Waals surface area contributed by atoms with Gasteiger partial charge in [0.1, 0.15) is 0 Å². The quantitative estimate of drug-likeness (QED) is 0.512. The molecule has 68 valence electrons. The van der Waals surface area contributed by atoms with Gasteiger partial charge in [0.2, 0.25) is 5.79 Å². The molecule has 0 aliphatic carbocycles. The van der Waals surface area contributed by atoms with E-state index in [0.717, 1.165) is 19.3 Å². The van der Waals surface area contributed by atoms with Crippen molar-refractivity contribution in [3.8, 4) is 0 Å². The molecule has 1 aliphatic heterocycles. The second kappa shape index (κ2) is 3.72. The van der Waals surface area contributed by atoms with Crippen LogP contribution < -0.4 is 0 Å². The highest BCUT2D eigenvalue weighted by Gasteiger charge is 2.31. The fourth-order valence-electron chi connectivity index (χ4n) is 1.20. The average molecular weight is 170 g/mol. The maximum atomic E-state index is 10.6. The summed E-state index contributed by atoms with van der Waals surface area (Å²) in [7, 11) is 0. The van der Waals surface area contributed by atoms with Crippen molar-refractivity contribution < 1.29 is 14.6 Å². The molecule has 0 saturated carbocycles. The number of ether oxygens (including phenoxy) is 1. The molecule has 0 saturated heterocycles. The van der Waals surface area contributed by atoms with Gasteiger partial charge in [-0.05, 0) is 12.5 Å². The average Bonchev–Trinajstić information content (AvgIpc) is 2.32. The summed E-state index contributed by atoms with van der Waals surface area (Å²) < 4.78 is 4.70. The lowest BCUT2D eigenvalue weighted by molar-refractivity contribution is -0.180. The van der Waals surface area contributed by atoms with E-state index in [1.807, 2.05) is 0 Å². The smallest absolute Gasteiger partial charge is 0.333 e. The highest BCUT2D eigenvalue weighted by molar-refractivity contribution is 5.84. The van der Waals surface area contributed by atoms with Gasteiger partial charge in [-0.15, -0.1) is 0 Å². The van der Waals surface area contributed by atoms with Gasteiger partial charge in [-0.25, -0.2) is 4.79 Å². The molecule has 1 N–H and O–H groups in total. The van der Waals surface area contributed by atoms with Gasteiger partial charge in [0.05, 0.1) is 0 Å². The molecule has 0 radical (unpaired) electrons. The minimum Gasteiger partial charge on any atom is -0.426 e. The molecule has 1 unspecified atom stereocenters. The molecule has 0 aromatic heterocycles. The van der Waals surface area contributed by atoms with Crippen LogP contribution in [0.1, 0.15) is 32.6 Å². The largest absolute Gasteiger partial charge is 0.426 e. The summed E-state index contributed by atoms with van der Waals surface area (Å²) >= 11 is 0. The number of hydrogen-bond donors (Lipinski definition) is 1. The first-order chi connectivity index (χ1) is 5.66. The molecule has 1 rings (SSSR count). The number of rotatable bonds is 4. The molecule has 0 aromatic rings. The van der Waals surface area contributed by atoms with E-state index >= 15 is 0 Å². The maximum absolute atomic E-state index is 10.6. The van der Waals surface area contributed by atoms with Gasteiger partial charge in [0, 0.05) is 12.5 Å². The maximum Gasteiger partial charge on any atom is 0.333 e. The van der Waals surface area contributed by atoms with Crippen LogP contribution in [0.15, 0.2) is 12.2 Å². The first-order valence-electron chi connectivity index (χ1n) is 4.31. The van der Waals surface area contributed by atoms with Gasteiger partial charge in [-0.2, -0.15) is 0 Å². The third-order valence-corrected chi connectivity index (χ3v) is 1.90. The Morgan fingerprint density at radius 2 is 2.33 bits per heavy atom. The van der Waals surface area contributed by atoms with Crippen molar-refractivity contribution in [2.75, 3.05) is 0 Å². The van der Waals surface area contributed by atoms with E-state index in [0.29, 0.717) is 6.42 Å². The summed E-state index contributed by atoms with van der Waals surface area (Å²) in [6, 6.07) is 0. The van der Waals surface area contributed by atoms with Crippen molar-refractivity contribution in [1.82, 2.24) is 0 Å². The fraction of sp³-hybridized carbons (Fsp3) is 0.667. The first kappa shape index (κ1) is 9.26. The van der Waals surface area contributed by atoms with Crippen molar-refractivity contribution in [2.24, 2.45) is 0 Å². The van der Waals surface area contributed by atoms with Crippen molar-refractivity contribution in [3.05, 3.63) is 12.2 Å². The standard InChI is InChI=1S/C9H14O3/c1-2-3-4-6-9(11)7-5-8(10)12-9/h5,7,11H,2-4,6H2,1H3. The van der Waals surface area contributed by atoms with Crippen LogP contribution in [0.2, 0.25) is 0 Å². The molecular formula is C9H14O3. The molecular weight excluding hydrogens is 156 g/mol. The minimum absolute atomic E-state index is 0.450. The van der Waals surface area contributed by atoms with E-state index in [4.69, 9.17) is 4.74 Å². The number of cyclic esters (lactones) is 1. The molecule has 12 heavy (non-hydrogen) atoms. The Kier molecular flexibility index (Phi) is 2.87. The predicted octanol–water partition coefficient (Wildman–Crippen LogP) is 1.37. The van der Waals surface area contributed by atoms with Crippen LogP contribution in [-0.2, 0) is 9.53 Å². The number of carbonyl (C=O) groups is 1. The summed E-state index contributed by atoms with van der Waals surface area (Å²) in [4.78, 5) is 10.6. The molecule has 0 aromatic carbocycles. The fourth-order valence-corrected chi connectivity index (χ4v) is 1.20. The summed E-state index contributed by atoms with van der Waals surface area (Å²) in [6.45, 7) is 2.08. The molecule has 3 nitrogen and oxygen atoms in total. The van der Waals surface area contributed by atoms with Gasteiger partial charge < -0.3 is 9.84 Å². The first-order valence-corrected chi connectivity index (χ1v) is 4.31. The lowest BCUT2D eigenvalue weighted by atomic mass is 10.1. The second-order valence-corrected chi connectivity index (χ2v) is 3.06. The van der Waals surface area contributed by atoms with Gasteiger partial charge in [-0.3, -0.25) is 0 Å². The molecule has 0 spiro atoms. The molecule has 1 heterocycles. The second-order valence-electron chi connectivity index (χ2n) is 3.06. The lowest BCUT2D eigenvalue weighted by Crippen LogP contribution is -2.27. The monoisotopic (exact) mass is 170 g/mol. The van der Waals surface area contributed by atoms with Crippen molar-refractivity contribution in [3.63, 3.8) is 0 Å². The van der Waals surface area contributed by atoms with Crippen LogP contribution >= 0.6 is 0 Å². The SMILES string of the molecule is CCCCCC1(O)C=CC(=O)O1. The normalized spacial score (nSPS) is 27.7. The minimum atomic E-state index is -1.31. The van der Waals surface area contributed by atoms with E-state index in [2.05, 4.69) is 6.92 Å². The third-order valence-electron chi connectivity index (χ3n) is 1.90. The molecule has 0 fully saturated rings. The lowest BCUT2D eigenvalue weighted by Gasteiger charge is -2.18. The highest BCUT2D eigenvalue weighted by atomic mass is 16.7. The highest BCUT2D eigenvalue weighted by Crippen LogP contribution is 2.23. The molecule has 1 atom stereocenters. The Morgan fingerprint density at radius 1 is 1.58 bits per heavy atom. The van der Waals surface area contributed by atoms with Crippen molar-refractivity contribution in [1.29, 1.82) is 0 Å². The van der Waals surface area contributed by atoms with Crippen LogP contribution in [0.4, 0.5) is 0 Å². The Bertz CT molecular complexity index is 198.